The van der Waals surface area contributed by atoms with Crippen LogP contribution in [0.2, 0.25) is 10.0 Å². The second-order valence-corrected chi connectivity index (χ2v) is 12.6. The molecule has 2 aromatic carbocycles. The average Bonchev–Trinajstić information content (AvgIpc) is 2.76. The van der Waals surface area contributed by atoms with Crippen molar-refractivity contribution in [3.05, 3.63) is 63.6 Å². The summed E-state index contributed by atoms with van der Waals surface area (Å²) in [5.41, 5.74) is 1.50. The number of amides is 2. The molecule has 0 heterocycles. The largest absolute Gasteiger partial charge is 0.350 e. The van der Waals surface area contributed by atoms with Gasteiger partial charge in [0, 0.05) is 35.1 Å². The van der Waals surface area contributed by atoms with Crippen molar-refractivity contribution in [2.24, 2.45) is 0 Å². The Labute approximate surface area is 224 Å². The summed E-state index contributed by atoms with van der Waals surface area (Å²) >= 11 is 12.2. The zero-order chi connectivity index (χ0) is 27.3. The number of hydrogen-bond donors (Lipinski definition) is 1. The quantitative estimate of drug-likeness (QED) is 0.437. The van der Waals surface area contributed by atoms with Crippen LogP contribution in [-0.4, -0.2) is 49.5 Å². The van der Waals surface area contributed by atoms with Crippen LogP contribution in [0.4, 0.5) is 5.69 Å². The van der Waals surface area contributed by atoms with E-state index in [4.69, 9.17) is 23.2 Å². The number of anilines is 1. The molecule has 2 rings (SSSR count). The molecule has 0 saturated carbocycles. The fourth-order valence-corrected chi connectivity index (χ4v) is 5.00. The minimum absolute atomic E-state index is 0.0619. The van der Waals surface area contributed by atoms with Crippen LogP contribution in [0.15, 0.2) is 42.5 Å². The van der Waals surface area contributed by atoms with Crippen LogP contribution in [-0.2, 0) is 26.2 Å². The predicted molar refractivity (Wildman–Crippen MR) is 147 cm³/mol. The molecule has 0 fully saturated rings. The van der Waals surface area contributed by atoms with Gasteiger partial charge in [0.1, 0.15) is 6.04 Å². The zero-order valence-electron chi connectivity index (χ0n) is 21.6. The molecule has 1 unspecified atom stereocenters. The van der Waals surface area contributed by atoms with Crippen LogP contribution in [0.1, 0.15) is 51.7 Å². The number of rotatable bonds is 10. The van der Waals surface area contributed by atoms with Gasteiger partial charge >= 0.3 is 0 Å². The average molecular weight is 557 g/mol. The Morgan fingerprint density at radius 2 is 1.67 bits per heavy atom. The fraction of sp³-hybridized carbons (Fsp3) is 0.462. The van der Waals surface area contributed by atoms with Gasteiger partial charge in [-0.3, -0.25) is 13.9 Å². The lowest BCUT2D eigenvalue weighted by Gasteiger charge is -2.32. The van der Waals surface area contributed by atoms with Crippen molar-refractivity contribution in [1.82, 2.24) is 10.2 Å². The van der Waals surface area contributed by atoms with Crippen molar-refractivity contribution in [2.45, 2.75) is 65.6 Å². The molecule has 1 N–H and O–H groups in total. The van der Waals surface area contributed by atoms with E-state index in [1.165, 1.54) is 9.21 Å². The molecule has 36 heavy (non-hydrogen) atoms. The third-order valence-electron chi connectivity index (χ3n) is 5.59. The van der Waals surface area contributed by atoms with E-state index in [1.807, 2.05) is 32.9 Å². The van der Waals surface area contributed by atoms with E-state index < -0.39 is 21.6 Å². The van der Waals surface area contributed by atoms with Crippen molar-refractivity contribution < 1.29 is 18.0 Å². The van der Waals surface area contributed by atoms with E-state index in [9.17, 15) is 18.0 Å². The molecule has 7 nitrogen and oxygen atoms in total. The van der Waals surface area contributed by atoms with Gasteiger partial charge in [-0.2, -0.15) is 0 Å². The minimum atomic E-state index is -3.60. The molecule has 0 bridgehead atoms. The van der Waals surface area contributed by atoms with Crippen molar-refractivity contribution in [3.63, 3.8) is 0 Å². The summed E-state index contributed by atoms with van der Waals surface area (Å²) in [6.45, 7) is 9.39. The van der Waals surface area contributed by atoms with Crippen LogP contribution < -0.4 is 9.62 Å². The van der Waals surface area contributed by atoms with Crippen LogP contribution in [0.3, 0.4) is 0 Å². The molecular formula is C26H35Cl2N3O4S. The number of benzene rings is 2. The molecule has 0 aliphatic carbocycles. The summed E-state index contributed by atoms with van der Waals surface area (Å²) in [5.74, 6) is -0.519. The van der Waals surface area contributed by atoms with Gasteiger partial charge < -0.3 is 10.2 Å². The summed E-state index contributed by atoms with van der Waals surface area (Å²) < 4.78 is 26.3. The maximum Gasteiger partial charge on any atom is 0.242 e. The highest BCUT2D eigenvalue weighted by Crippen LogP contribution is 2.28. The van der Waals surface area contributed by atoms with E-state index >= 15 is 0 Å². The molecular weight excluding hydrogens is 521 g/mol. The van der Waals surface area contributed by atoms with E-state index in [-0.39, 0.29) is 37.7 Å². The van der Waals surface area contributed by atoms with Gasteiger partial charge in [0.15, 0.2) is 0 Å². The maximum absolute atomic E-state index is 13.3. The van der Waals surface area contributed by atoms with Crippen molar-refractivity contribution in [1.29, 1.82) is 0 Å². The molecule has 2 amide bonds. The van der Waals surface area contributed by atoms with Crippen molar-refractivity contribution >= 4 is 50.7 Å². The highest BCUT2D eigenvalue weighted by molar-refractivity contribution is 7.92. The maximum atomic E-state index is 13.3. The fourth-order valence-electron chi connectivity index (χ4n) is 3.69. The normalized spacial score (nSPS) is 12.7. The van der Waals surface area contributed by atoms with Crippen LogP contribution in [0.25, 0.3) is 0 Å². The van der Waals surface area contributed by atoms with Gasteiger partial charge in [-0.25, -0.2) is 8.42 Å². The summed E-state index contributed by atoms with van der Waals surface area (Å²) in [6.07, 6.45) is 1.45. The standard InChI is InChI=1S/C26H35Cl2N3O4S/c1-18-22(28)9-7-10-23(18)31(36(6,34)35)16-8-11-24(32)30(17-20-12-14-21(27)15-13-20)19(2)25(33)29-26(3,4)5/h7,9-10,12-15,19H,8,11,16-17H2,1-6H3,(H,29,33). The van der Waals surface area contributed by atoms with E-state index in [0.717, 1.165) is 11.8 Å². The summed E-state index contributed by atoms with van der Waals surface area (Å²) in [6, 6.07) is 11.4. The smallest absolute Gasteiger partial charge is 0.242 e. The monoisotopic (exact) mass is 555 g/mol. The summed E-state index contributed by atoms with van der Waals surface area (Å²) in [5, 5.41) is 3.96. The zero-order valence-corrected chi connectivity index (χ0v) is 24.0. The molecule has 0 aromatic heterocycles. The molecule has 0 aliphatic heterocycles. The minimum Gasteiger partial charge on any atom is -0.350 e. The SMILES string of the molecule is Cc1c(Cl)cccc1N(CCCC(=O)N(Cc1ccc(Cl)cc1)C(C)C(=O)NC(C)(C)C)S(C)(=O)=O. The summed E-state index contributed by atoms with van der Waals surface area (Å²) in [4.78, 5) is 27.7. The molecule has 10 heteroatoms. The van der Waals surface area contributed by atoms with E-state index in [2.05, 4.69) is 5.32 Å². The van der Waals surface area contributed by atoms with Gasteiger partial charge in [0.05, 0.1) is 11.9 Å². The number of carbonyl (C=O) groups excluding carboxylic acids is 2. The molecule has 198 valence electrons. The van der Waals surface area contributed by atoms with Gasteiger partial charge in [-0.05, 0) is 76.4 Å². The number of sulfonamides is 1. The van der Waals surface area contributed by atoms with Crippen LogP contribution in [0, 0.1) is 6.92 Å². The Bertz CT molecular complexity index is 1180. The Kier molecular flexibility index (Phi) is 10.2. The molecule has 2 aromatic rings. The first-order chi connectivity index (χ1) is 16.6. The Balaban J connectivity index is 2.22. The number of nitrogens with one attached hydrogen (secondary N) is 1. The molecule has 1 atom stereocenters. The van der Waals surface area contributed by atoms with Gasteiger partial charge in [0.2, 0.25) is 21.8 Å². The first-order valence-electron chi connectivity index (χ1n) is 11.7. The first-order valence-corrected chi connectivity index (χ1v) is 14.3. The number of nitrogens with zero attached hydrogens (tertiary/aromatic N) is 2. The van der Waals surface area contributed by atoms with Crippen molar-refractivity contribution in [3.8, 4) is 0 Å². The van der Waals surface area contributed by atoms with Gasteiger partial charge in [-0.1, -0.05) is 41.4 Å². The number of hydrogen-bond acceptors (Lipinski definition) is 4. The Hall–Kier alpha value is -2.29. The van der Waals surface area contributed by atoms with E-state index in [1.54, 1.807) is 44.2 Å². The molecule has 0 spiro atoms. The highest BCUT2D eigenvalue weighted by Gasteiger charge is 2.29. The highest BCUT2D eigenvalue weighted by atomic mass is 35.5. The third kappa shape index (κ3) is 8.68. The van der Waals surface area contributed by atoms with Gasteiger partial charge in [0.25, 0.3) is 0 Å². The van der Waals surface area contributed by atoms with E-state index in [0.29, 0.717) is 21.3 Å². The Morgan fingerprint density at radius 3 is 2.22 bits per heavy atom. The summed E-state index contributed by atoms with van der Waals surface area (Å²) in [7, 11) is -3.60. The molecule has 0 saturated heterocycles. The predicted octanol–water partition coefficient (Wildman–Crippen LogP) is 5.18. The molecule has 0 aliphatic rings. The van der Waals surface area contributed by atoms with Gasteiger partial charge in [-0.15, -0.1) is 0 Å². The van der Waals surface area contributed by atoms with Crippen molar-refractivity contribution in [2.75, 3.05) is 17.1 Å². The first kappa shape index (κ1) is 29.9. The lowest BCUT2D eigenvalue weighted by atomic mass is 10.1. The lowest BCUT2D eigenvalue weighted by Crippen LogP contribution is -2.52. The third-order valence-corrected chi connectivity index (χ3v) is 7.43. The molecule has 0 radical (unpaired) electrons. The van der Waals surface area contributed by atoms with Crippen LogP contribution in [0.5, 0.6) is 0 Å². The second kappa shape index (κ2) is 12.3. The Morgan fingerprint density at radius 1 is 1.06 bits per heavy atom. The number of carbonyl (C=O) groups is 2. The van der Waals surface area contributed by atoms with Crippen LogP contribution >= 0.6 is 23.2 Å². The lowest BCUT2D eigenvalue weighted by molar-refractivity contribution is -0.141. The second-order valence-electron chi connectivity index (χ2n) is 9.89. The number of halogens is 2. The topological polar surface area (TPSA) is 86.8 Å².